The normalized spacial score (nSPS) is 14.8. The summed E-state index contributed by atoms with van der Waals surface area (Å²) in [6.45, 7) is 0. The van der Waals surface area contributed by atoms with Crippen LogP contribution in [0.4, 0.5) is 5.69 Å². The fourth-order valence-corrected chi connectivity index (χ4v) is 3.98. The lowest BCUT2D eigenvalue weighted by Crippen LogP contribution is -2.11. The molecule has 25 heavy (non-hydrogen) atoms. The second kappa shape index (κ2) is 6.88. The van der Waals surface area contributed by atoms with E-state index < -0.39 is 0 Å². The molecule has 1 aromatic heterocycles. The van der Waals surface area contributed by atoms with Gasteiger partial charge in [0.15, 0.2) is 0 Å². The van der Waals surface area contributed by atoms with Gasteiger partial charge >= 0.3 is 0 Å². The Labute approximate surface area is 150 Å². The average Bonchev–Trinajstić information content (AvgIpc) is 3.12. The molecule has 0 fully saturated rings. The summed E-state index contributed by atoms with van der Waals surface area (Å²) in [6, 6.07) is 19.7. The third-order valence-electron chi connectivity index (χ3n) is 4.14. The van der Waals surface area contributed by atoms with Crippen LogP contribution in [0.2, 0.25) is 0 Å². The first-order valence-corrected chi connectivity index (χ1v) is 9.03. The molecule has 5 heteroatoms. The third kappa shape index (κ3) is 3.30. The van der Waals surface area contributed by atoms with Crippen molar-refractivity contribution in [2.45, 2.75) is 19.3 Å². The zero-order valence-electron chi connectivity index (χ0n) is 13.6. The maximum absolute atomic E-state index is 8.86. The number of aryl methyl sites for hydroxylation is 1. The molecule has 2 aromatic carbocycles. The highest BCUT2D eigenvalue weighted by Gasteiger charge is 2.21. The van der Waals surface area contributed by atoms with Crippen LogP contribution in [0.25, 0.3) is 10.6 Å². The predicted molar refractivity (Wildman–Crippen MR) is 102 cm³/mol. The van der Waals surface area contributed by atoms with Gasteiger partial charge in [-0.05, 0) is 43.5 Å². The molecule has 0 saturated heterocycles. The molecule has 1 heterocycles. The summed E-state index contributed by atoms with van der Waals surface area (Å²) in [5, 5.41) is 14.5. The molecule has 0 spiro atoms. The molecule has 1 aliphatic rings. The highest BCUT2D eigenvalue weighted by atomic mass is 32.1. The lowest BCUT2D eigenvalue weighted by atomic mass is 10.0. The quantitative estimate of drug-likeness (QED) is 0.692. The first kappa shape index (κ1) is 15.6. The number of aromatic nitrogens is 1. The van der Waals surface area contributed by atoms with Crippen molar-refractivity contribution in [1.82, 2.24) is 4.98 Å². The van der Waals surface area contributed by atoms with E-state index in [1.54, 1.807) is 23.5 Å². The Morgan fingerprint density at radius 2 is 1.84 bits per heavy atom. The van der Waals surface area contributed by atoms with Gasteiger partial charge < -0.3 is 0 Å². The third-order valence-corrected chi connectivity index (χ3v) is 5.34. The van der Waals surface area contributed by atoms with Crippen molar-refractivity contribution in [2.75, 3.05) is 5.43 Å². The van der Waals surface area contributed by atoms with Crippen LogP contribution in [0.5, 0.6) is 0 Å². The van der Waals surface area contributed by atoms with E-state index in [0.29, 0.717) is 5.56 Å². The molecule has 0 aliphatic heterocycles. The van der Waals surface area contributed by atoms with Crippen molar-refractivity contribution >= 4 is 22.7 Å². The lowest BCUT2D eigenvalue weighted by molar-refractivity contribution is 0.819. The number of nitriles is 1. The number of rotatable bonds is 3. The van der Waals surface area contributed by atoms with Gasteiger partial charge in [-0.1, -0.05) is 30.3 Å². The van der Waals surface area contributed by atoms with E-state index in [-0.39, 0.29) is 0 Å². The Morgan fingerprint density at radius 1 is 1.04 bits per heavy atom. The van der Waals surface area contributed by atoms with Gasteiger partial charge in [-0.15, -0.1) is 11.3 Å². The number of hydrazone groups is 1. The zero-order chi connectivity index (χ0) is 17.1. The summed E-state index contributed by atoms with van der Waals surface area (Å²) in [4.78, 5) is 6.01. The highest BCUT2D eigenvalue weighted by molar-refractivity contribution is 7.17. The molecule has 4 nitrogen and oxygen atoms in total. The molecule has 4 rings (SSSR count). The molecule has 0 bridgehead atoms. The first-order chi connectivity index (χ1) is 12.3. The van der Waals surface area contributed by atoms with Gasteiger partial charge in [-0.3, -0.25) is 5.43 Å². The van der Waals surface area contributed by atoms with E-state index in [0.717, 1.165) is 46.9 Å². The smallest absolute Gasteiger partial charge is 0.124 e. The Bertz CT molecular complexity index is 950. The number of anilines is 1. The fourth-order valence-electron chi connectivity index (χ4n) is 2.85. The largest absolute Gasteiger partial charge is 0.278 e. The topological polar surface area (TPSA) is 61.1 Å². The van der Waals surface area contributed by atoms with Gasteiger partial charge in [0, 0.05) is 5.56 Å². The molecule has 0 saturated carbocycles. The molecule has 0 unspecified atom stereocenters. The van der Waals surface area contributed by atoms with Gasteiger partial charge in [-0.2, -0.15) is 10.4 Å². The van der Waals surface area contributed by atoms with Crippen LogP contribution in [0.1, 0.15) is 29.0 Å². The first-order valence-electron chi connectivity index (χ1n) is 8.22. The van der Waals surface area contributed by atoms with Crippen LogP contribution < -0.4 is 5.43 Å². The van der Waals surface area contributed by atoms with Crippen molar-refractivity contribution < 1.29 is 0 Å². The maximum atomic E-state index is 8.86. The average molecular weight is 344 g/mol. The molecule has 122 valence electrons. The fraction of sp³-hybridized carbons (Fsp3) is 0.150. The van der Waals surface area contributed by atoms with Gasteiger partial charge in [0.25, 0.3) is 0 Å². The van der Waals surface area contributed by atoms with Gasteiger partial charge in [-0.25, -0.2) is 4.98 Å². The van der Waals surface area contributed by atoms with E-state index in [1.165, 1.54) is 4.88 Å². The highest BCUT2D eigenvalue weighted by Crippen LogP contribution is 2.33. The summed E-state index contributed by atoms with van der Waals surface area (Å²) in [5.74, 6) is 0. The molecule has 1 aliphatic carbocycles. The van der Waals surface area contributed by atoms with E-state index in [1.807, 2.05) is 30.3 Å². The van der Waals surface area contributed by atoms with Crippen molar-refractivity contribution in [3.8, 4) is 16.6 Å². The number of nitrogens with one attached hydrogen (secondary N) is 1. The molecular weight excluding hydrogens is 328 g/mol. The second-order valence-electron chi connectivity index (χ2n) is 5.87. The number of hydrogen-bond donors (Lipinski definition) is 1. The number of benzene rings is 2. The minimum Gasteiger partial charge on any atom is -0.278 e. The summed E-state index contributed by atoms with van der Waals surface area (Å²) in [5.41, 5.74) is 8.00. The zero-order valence-corrected chi connectivity index (χ0v) is 14.4. The molecular formula is C20H16N4S. The van der Waals surface area contributed by atoms with E-state index in [9.17, 15) is 0 Å². The van der Waals surface area contributed by atoms with Gasteiger partial charge in [0.2, 0.25) is 0 Å². The molecule has 0 atom stereocenters. The Hall–Kier alpha value is -2.97. The number of thiazole rings is 1. The molecule has 0 amide bonds. The minimum absolute atomic E-state index is 0.646. The Kier molecular flexibility index (Phi) is 4.28. The SMILES string of the molecule is N#Cc1ccc(N/N=C2/CCCc3nc(-c4ccccc4)sc32)cc1. The van der Waals surface area contributed by atoms with Crippen molar-refractivity contribution in [1.29, 1.82) is 5.26 Å². The molecule has 3 aromatic rings. The standard InChI is InChI=1S/C20H16N4S/c21-13-14-9-11-16(12-10-14)23-24-18-8-4-7-17-19(18)25-20(22-17)15-5-2-1-3-6-15/h1-3,5-6,9-12,23H,4,7-8H2/b24-18-. The Balaban J connectivity index is 1.60. The van der Waals surface area contributed by atoms with Crippen LogP contribution in [0.3, 0.4) is 0 Å². The van der Waals surface area contributed by atoms with Crippen LogP contribution >= 0.6 is 11.3 Å². The number of hydrogen-bond acceptors (Lipinski definition) is 5. The summed E-state index contributed by atoms with van der Waals surface area (Å²) in [6.07, 6.45) is 3.03. The van der Waals surface area contributed by atoms with Gasteiger partial charge in [0.05, 0.1) is 33.6 Å². The number of nitrogens with zero attached hydrogens (tertiary/aromatic N) is 3. The van der Waals surface area contributed by atoms with Crippen molar-refractivity contribution in [3.05, 3.63) is 70.7 Å². The summed E-state index contributed by atoms with van der Waals surface area (Å²) >= 11 is 1.71. The lowest BCUT2D eigenvalue weighted by Gasteiger charge is -2.12. The van der Waals surface area contributed by atoms with Crippen LogP contribution in [-0.4, -0.2) is 10.7 Å². The van der Waals surface area contributed by atoms with E-state index in [2.05, 4.69) is 28.7 Å². The van der Waals surface area contributed by atoms with E-state index >= 15 is 0 Å². The summed E-state index contributed by atoms with van der Waals surface area (Å²) < 4.78 is 0. The van der Waals surface area contributed by atoms with Crippen LogP contribution in [-0.2, 0) is 6.42 Å². The predicted octanol–water partition coefficient (Wildman–Crippen LogP) is 4.83. The van der Waals surface area contributed by atoms with E-state index in [4.69, 9.17) is 10.2 Å². The molecule has 0 radical (unpaired) electrons. The maximum Gasteiger partial charge on any atom is 0.124 e. The van der Waals surface area contributed by atoms with Crippen molar-refractivity contribution in [2.24, 2.45) is 5.10 Å². The number of fused-ring (bicyclic) bond motifs is 1. The molecule has 1 N–H and O–H groups in total. The summed E-state index contributed by atoms with van der Waals surface area (Å²) in [7, 11) is 0. The van der Waals surface area contributed by atoms with Crippen LogP contribution in [0, 0.1) is 11.3 Å². The van der Waals surface area contributed by atoms with Crippen LogP contribution in [0.15, 0.2) is 59.7 Å². The monoisotopic (exact) mass is 344 g/mol. The van der Waals surface area contributed by atoms with Gasteiger partial charge in [0.1, 0.15) is 5.01 Å². The van der Waals surface area contributed by atoms with Crippen molar-refractivity contribution in [3.63, 3.8) is 0 Å². The second-order valence-corrected chi connectivity index (χ2v) is 6.87. The minimum atomic E-state index is 0.646. The Morgan fingerprint density at radius 3 is 2.60 bits per heavy atom.